The first kappa shape index (κ1) is 17.8. The Morgan fingerprint density at radius 3 is 1.83 bits per heavy atom. The summed E-state index contributed by atoms with van der Waals surface area (Å²) in [6.45, 7) is 0. The molecule has 0 radical (unpaired) electrons. The van der Waals surface area contributed by atoms with Crippen molar-refractivity contribution in [3.63, 3.8) is 0 Å². The van der Waals surface area contributed by atoms with E-state index in [0.717, 1.165) is 0 Å². The van der Waals surface area contributed by atoms with Crippen molar-refractivity contribution in [3.05, 3.63) is 58.2 Å². The molecule has 0 spiro atoms. The molecule has 0 unspecified atom stereocenters. The van der Waals surface area contributed by atoms with Gasteiger partial charge in [0.15, 0.2) is 0 Å². The van der Waals surface area contributed by atoms with Gasteiger partial charge < -0.3 is 0 Å². The zero-order valence-electron chi connectivity index (χ0n) is 12.0. The summed E-state index contributed by atoms with van der Waals surface area (Å²) in [6, 6.07) is 0. The third-order valence-corrected chi connectivity index (χ3v) is 20.3. The van der Waals surface area contributed by atoms with Gasteiger partial charge in [-0.2, -0.15) is 0 Å². The van der Waals surface area contributed by atoms with Crippen LogP contribution in [0, 0.1) is 0 Å². The quantitative estimate of drug-likeness (QED) is 0.405. The predicted molar refractivity (Wildman–Crippen MR) is 116 cm³/mol. The minimum atomic E-state index is 0.565. The molecule has 4 aliphatic rings. The summed E-state index contributed by atoms with van der Waals surface area (Å²) in [5.41, 5.74) is 1.27. The Labute approximate surface area is 174 Å². The van der Waals surface area contributed by atoms with E-state index in [0.29, 0.717) is 29.9 Å². The van der Waals surface area contributed by atoms with Gasteiger partial charge in [0, 0.05) is 0 Å². The molecule has 4 rings (SSSR count). The van der Waals surface area contributed by atoms with E-state index in [4.69, 9.17) is 4.74 Å². The van der Waals surface area contributed by atoms with Gasteiger partial charge in [-0.1, -0.05) is 0 Å². The van der Waals surface area contributed by atoms with Crippen molar-refractivity contribution in [1.82, 2.24) is 0 Å². The molecule has 0 aromatic carbocycles. The fraction of sp³-hybridized carbons (Fsp3) is 0.143. The molecule has 0 aliphatic carbocycles. The fourth-order valence-electron chi connectivity index (χ4n) is 1.86. The van der Waals surface area contributed by atoms with Crippen LogP contribution in [0.1, 0.15) is 0 Å². The zero-order valence-corrected chi connectivity index (χ0v) is 20.3. The van der Waals surface area contributed by atoms with Gasteiger partial charge in [0.1, 0.15) is 0 Å². The molecule has 9 heteroatoms. The van der Waals surface area contributed by atoms with Crippen LogP contribution in [0.15, 0.2) is 58.2 Å². The molecular weight excluding hydrogens is 534 g/mol. The van der Waals surface area contributed by atoms with Gasteiger partial charge in [-0.05, 0) is 0 Å². The first-order chi connectivity index (χ1) is 11.3. The molecule has 0 atom stereocenters. The van der Waals surface area contributed by atoms with Crippen LogP contribution >= 0.6 is 70.6 Å². The number of ether oxygens (including phenoxy) is 1. The van der Waals surface area contributed by atoms with Crippen LogP contribution in [0.25, 0.3) is 0 Å². The molecule has 0 N–H and O–H groups in total. The summed E-state index contributed by atoms with van der Waals surface area (Å²) in [6.07, 6.45) is 12.1. The topological polar surface area (TPSA) is 9.23 Å². The van der Waals surface area contributed by atoms with Gasteiger partial charge >= 0.3 is 176 Å². The third kappa shape index (κ3) is 3.75. The van der Waals surface area contributed by atoms with Crippen molar-refractivity contribution in [2.24, 2.45) is 0 Å². The van der Waals surface area contributed by atoms with Crippen molar-refractivity contribution in [2.45, 2.75) is 0 Å². The first-order valence-corrected chi connectivity index (χ1v) is 15.5. The summed E-state index contributed by atoms with van der Waals surface area (Å²) in [5, 5.41) is 0. The maximum absolute atomic E-state index is 5.13. The molecule has 0 amide bonds. The number of thioether (sulfide) groups is 6. The van der Waals surface area contributed by atoms with Gasteiger partial charge in [-0.25, -0.2) is 0 Å². The second-order valence-corrected chi connectivity index (χ2v) is 17.7. The van der Waals surface area contributed by atoms with Crippen LogP contribution in [-0.4, -0.2) is 42.4 Å². The van der Waals surface area contributed by atoms with Gasteiger partial charge in [-0.3, -0.25) is 0 Å². The van der Waals surface area contributed by atoms with E-state index < -0.39 is 0 Å². The Bertz CT molecular complexity index is 692. The van der Waals surface area contributed by atoms with E-state index in [-0.39, 0.29) is 0 Å². The molecule has 0 aromatic heterocycles. The summed E-state index contributed by atoms with van der Waals surface area (Å²) in [7, 11) is 0. The standard InChI is InChI=1S/C14H10OS6Se2/c1-16-12-13(17-2)23-14(22-12)11-20-9-10(21-11)19-8(18-9)7-3-5-15-6-4-7/h3-6H,1-2H3. The third-order valence-electron chi connectivity index (χ3n) is 2.87. The Morgan fingerprint density at radius 1 is 0.783 bits per heavy atom. The zero-order chi connectivity index (χ0) is 15.8. The Hall–Kier alpha value is 1.38. The molecule has 23 heavy (non-hydrogen) atoms. The SMILES string of the molecule is CSC1=C(SC)[Se]C(=C2SC3=C(SC(=C4C=COC=C4)S3)S2)[Se]1. The normalized spacial score (nSPS) is 23.6. The van der Waals surface area contributed by atoms with E-state index in [9.17, 15) is 0 Å². The first-order valence-electron chi connectivity index (χ1n) is 6.39. The number of allylic oxidation sites excluding steroid dienone is 3. The van der Waals surface area contributed by atoms with Gasteiger partial charge in [0.25, 0.3) is 0 Å². The Kier molecular flexibility index (Phi) is 6.14. The molecule has 0 saturated heterocycles. The van der Waals surface area contributed by atoms with Crippen molar-refractivity contribution in [3.8, 4) is 0 Å². The van der Waals surface area contributed by atoms with Gasteiger partial charge in [-0.15, -0.1) is 0 Å². The van der Waals surface area contributed by atoms with E-state index in [1.165, 1.54) is 18.3 Å². The van der Waals surface area contributed by atoms with Crippen molar-refractivity contribution >= 4 is 100 Å². The Morgan fingerprint density at radius 2 is 1.30 bits per heavy atom. The molecule has 4 aliphatic heterocycles. The average molecular weight is 545 g/mol. The summed E-state index contributed by atoms with van der Waals surface area (Å²) in [5.74, 6) is 0. The van der Waals surface area contributed by atoms with Crippen molar-refractivity contribution in [2.75, 3.05) is 12.5 Å². The predicted octanol–water partition coefficient (Wildman–Crippen LogP) is 5.74. The number of rotatable bonds is 2. The molecule has 120 valence electrons. The molecule has 4 heterocycles. The van der Waals surface area contributed by atoms with Crippen LogP contribution in [-0.2, 0) is 4.74 Å². The maximum atomic E-state index is 5.13. The monoisotopic (exact) mass is 546 g/mol. The van der Waals surface area contributed by atoms with Crippen LogP contribution in [0.3, 0.4) is 0 Å². The molecule has 0 saturated carbocycles. The number of hydrogen-bond acceptors (Lipinski definition) is 7. The van der Waals surface area contributed by atoms with E-state index in [2.05, 4.69) is 24.7 Å². The summed E-state index contributed by atoms with van der Waals surface area (Å²) in [4.78, 5) is 0. The average Bonchev–Trinajstić information content (AvgIpc) is 3.27. The summed E-state index contributed by atoms with van der Waals surface area (Å²) < 4.78 is 16.1. The molecule has 0 bridgehead atoms. The molecule has 0 fully saturated rings. The molecule has 1 nitrogen and oxygen atoms in total. The van der Waals surface area contributed by atoms with Crippen LogP contribution in [0.2, 0.25) is 0 Å². The van der Waals surface area contributed by atoms with Crippen LogP contribution in [0.5, 0.6) is 0 Å². The minimum absolute atomic E-state index is 0.565. The second kappa shape index (κ2) is 7.95. The summed E-state index contributed by atoms with van der Waals surface area (Å²) >= 11 is 12.9. The fourth-order valence-corrected chi connectivity index (χ4v) is 20.1. The van der Waals surface area contributed by atoms with Crippen LogP contribution < -0.4 is 0 Å². The van der Waals surface area contributed by atoms with Crippen molar-refractivity contribution < 1.29 is 4.74 Å². The van der Waals surface area contributed by atoms with Gasteiger partial charge in [0.2, 0.25) is 0 Å². The molecule has 0 aromatic rings. The number of hydrogen-bond donors (Lipinski definition) is 0. The van der Waals surface area contributed by atoms with E-state index in [1.54, 1.807) is 27.7 Å². The second-order valence-electron chi connectivity index (χ2n) is 4.23. The Balaban J connectivity index is 1.48. The van der Waals surface area contributed by atoms with E-state index in [1.807, 2.05) is 70.6 Å². The van der Waals surface area contributed by atoms with E-state index >= 15 is 0 Å². The van der Waals surface area contributed by atoms with Crippen LogP contribution in [0.4, 0.5) is 0 Å². The van der Waals surface area contributed by atoms with Gasteiger partial charge in [0.05, 0.1) is 0 Å². The van der Waals surface area contributed by atoms with Crippen molar-refractivity contribution in [1.29, 1.82) is 0 Å². The molecular formula is C14H10OS6Se2.